The number of piperidine rings is 1. The molecule has 0 amide bonds. The molecule has 0 saturated carbocycles. The average Bonchev–Trinajstić information content (AvgIpc) is 2.42. The molecule has 5 nitrogen and oxygen atoms in total. The summed E-state index contributed by atoms with van der Waals surface area (Å²) in [7, 11) is -3.64. The van der Waals surface area contributed by atoms with Crippen molar-refractivity contribution in [3.8, 4) is 0 Å². The van der Waals surface area contributed by atoms with Crippen molar-refractivity contribution in [2.24, 2.45) is 11.7 Å². The van der Waals surface area contributed by atoms with Crippen molar-refractivity contribution in [1.82, 2.24) is 4.31 Å². The molecule has 1 aliphatic rings. The van der Waals surface area contributed by atoms with E-state index in [1.165, 1.54) is 22.5 Å². The summed E-state index contributed by atoms with van der Waals surface area (Å²) in [6, 6.07) is 3.82. The minimum absolute atomic E-state index is 0.192. The van der Waals surface area contributed by atoms with Crippen LogP contribution in [-0.4, -0.2) is 32.4 Å². The molecule has 1 aliphatic heterocycles. The molecule has 112 valence electrons. The lowest BCUT2D eigenvalue weighted by atomic mass is 10.0. The molecule has 2 rings (SSSR count). The Morgan fingerprint density at radius 3 is 2.90 bits per heavy atom. The third-order valence-corrected chi connectivity index (χ3v) is 5.47. The van der Waals surface area contributed by atoms with Crippen molar-refractivity contribution >= 4 is 31.8 Å². The van der Waals surface area contributed by atoms with Crippen molar-refractivity contribution in [3.63, 3.8) is 0 Å². The highest BCUT2D eigenvalue weighted by atomic mass is 79.9. The van der Waals surface area contributed by atoms with E-state index >= 15 is 0 Å². The van der Waals surface area contributed by atoms with Gasteiger partial charge in [-0.1, -0.05) is 0 Å². The predicted molar refractivity (Wildman–Crippen MR) is 80.0 cm³/mol. The number of hydrogen-bond donors (Lipinski definition) is 2. The van der Waals surface area contributed by atoms with Crippen LogP contribution in [-0.2, 0) is 10.2 Å². The fourth-order valence-electron chi connectivity index (χ4n) is 2.21. The number of benzene rings is 1. The zero-order chi connectivity index (χ0) is 14.8. The summed E-state index contributed by atoms with van der Waals surface area (Å²) >= 11 is 3.14. The minimum atomic E-state index is -3.64. The molecule has 20 heavy (non-hydrogen) atoms. The Morgan fingerprint density at radius 1 is 1.50 bits per heavy atom. The van der Waals surface area contributed by atoms with Gasteiger partial charge >= 0.3 is 10.2 Å². The molecular weight excluding hydrogens is 349 g/mol. The molecule has 1 atom stereocenters. The van der Waals surface area contributed by atoms with Gasteiger partial charge in [0.05, 0.1) is 5.69 Å². The summed E-state index contributed by atoms with van der Waals surface area (Å²) < 4.78 is 41.9. The van der Waals surface area contributed by atoms with E-state index in [1.54, 1.807) is 0 Å². The first kappa shape index (κ1) is 15.7. The van der Waals surface area contributed by atoms with Gasteiger partial charge in [0, 0.05) is 17.6 Å². The smallest absolute Gasteiger partial charge is 0.301 e. The van der Waals surface area contributed by atoms with E-state index in [0.717, 1.165) is 12.8 Å². The predicted octanol–water partition coefficient (Wildman–Crippen LogP) is 1.92. The van der Waals surface area contributed by atoms with Gasteiger partial charge in [0.1, 0.15) is 5.82 Å². The van der Waals surface area contributed by atoms with Crippen molar-refractivity contribution in [2.45, 2.75) is 12.8 Å². The third kappa shape index (κ3) is 3.69. The first-order valence-corrected chi connectivity index (χ1v) is 8.58. The third-order valence-electron chi connectivity index (χ3n) is 3.33. The standard InChI is InChI=1S/C12H17BrFN3O2S/c13-11-6-10(14)3-4-12(11)16-20(18,19)17-5-1-2-9(7-15)8-17/h3-4,6,9,16H,1-2,5,7-8,15H2. The van der Waals surface area contributed by atoms with Gasteiger partial charge in [-0.15, -0.1) is 0 Å². The summed E-state index contributed by atoms with van der Waals surface area (Å²) in [6.07, 6.45) is 1.75. The maximum atomic E-state index is 13.0. The quantitative estimate of drug-likeness (QED) is 0.855. The van der Waals surface area contributed by atoms with Gasteiger partial charge < -0.3 is 5.73 Å². The molecule has 1 unspecified atom stereocenters. The second-order valence-electron chi connectivity index (χ2n) is 4.83. The molecule has 3 N–H and O–H groups in total. The Balaban J connectivity index is 2.14. The van der Waals surface area contributed by atoms with Crippen LogP contribution in [0.1, 0.15) is 12.8 Å². The molecule has 0 bridgehead atoms. The fraction of sp³-hybridized carbons (Fsp3) is 0.500. The Morgan fingerprint density at radius 2 is 2.25 bits per heavy atom. The van der Waals surface area contributed by atoms with Gasteiger partial charge in [0.15, 0.2) is 0 Å². The molecule has 0 aromatic heterocycles. The van der Waals surface area contributed by atoms with Crippen molar-refractivity contribution in [3.05, 3.63) is 28.5 Å². The van der Waals surface area contributed by atoms with Gasteiger partial charge in [0.25, 0.3) is 0 Å². The summed E-state index contributed by atoms with van der Waals surface area (Å²) in [4.78, 5) is 0. The number of hydrogen-bond acceptors (Lipinski definition) is 3. The lowest BCUT2D eigenvalue weighted by Crippen LogP contribution is -2.44. The van der Waals surface area contributed by atoms with E-state index < -0.39 is 16.0 Å². The highest BCUT2D eigenvalue weighted by molar-refractivity contribution is 9.10. The summed E-state index contributed by atoms with van der Waals surface area (Å²) in [5.41, 5.74) is 5.93. The number of anilines is 1. The minimum Gasteiger partial charge on any atom is -0.330 e. The topological polar surface area (TPSA) is 75.4 Å². The average molecular weight is 366 g/mol. The van der Waals surface area contributed by atoms with Gasteiger partial charge in [-0.05, 0) is 59.4 Å². The van der Waals surface area contributed by atoms with Crippen molar-refractivity contribution < 1.29 is 12.8 Å². The van der Waals surface area contributed by atoms with E-state index in [1.807, 2.05) is 0 Å². The molecule has 1 heterocycles. The number of halogens is 2. The van der Waals surface area contributed by atoms with E-state index in [0.29, 0.717) is 29.8 Å². The molecule has 8 heteroatoms. The largest absolute Gasteiger partial charge is 0.330 e. The normalized spacial score (nSPS) is 20.9. The number of nitrogens with zero attached hydrogens (tertiary/aromatic N) is 1. The van der Waals surface area contributed by atoms with Crippen LogP contribution in [0.4, 0.5) is 10.1 Å². The first-order valence-electron chi connectivity index (χ1n) is 6.35. The molecule has 0 radical (unpaired) electrons. The fourth-order valence-corrected chi connectivity index (χ4v) is 4.16. The highest BCUT2D eigenvalue weighted by Gasteiger charge is 2.28. The van der Waals surface area contributed by atoms with Gasteiger partial charge in [-0.25, -0.2) is 4.39 Å². The zero-order valence-corrected chi connectivity index (χ0v) is 13.3. The summed E-state index contributed by atoms with van der Waals surface area (Å²) in [5, 5.41) is 0. The van der Waals surface area contributed by atoms with E-state index in [9.17, 15) is 12.8 Å². The monoisotopic (exact) mass is 365 g/mol. The van der Waals surface area contributed by atoms with Crippen LogP contribution < -0.4 is 10.5 Å². The molecule has 1 aromatic carbocycles. The molecule has 1 aromatic rings. The lowest BCUT2D eigenvalue weighted by molar-refractivity contribution is 0.273. The Bertz CT molecular complexity index is 582. The van der Waals surface area contributed by atoms with Crippen LogP contribution in [0.2, 0.25) is 0 Å². The highest BCUT2D eigenvalue weighted by Crippen LogP contribution is 2.26. The molecule has 0 aliphatic carbocycles. The van der Waals surface area contributed by atoms with E-state index in [4.69, 9.17) is 5.73 Å². The first-order chi connectivity index (χ1) is 9.42. The molecule has 1 fully saturated rings. The van der Waals surface area contributed by atoms with Crippen LogP contribution in [0.25, 0.3) is 0 Å². The SMILES string of the molecule is NCC1CCCN(S(=O)(=O)Nc2ccc(F)cc2Br)C1. The Hall–Kier alpha value is -0.700. The number of rotatable bonds is 4. The lowest BCUT2D eigenvalue weighted by Gasteiger charge is -2.31. The van der Waals surface area contributed by atoms with E-state index in [2.05, 4.69) is 20.7 Å². The molecular formula is C12H17BrFN3O2S. The number of nitrogens with one attached hydrogen (secondary N) is 1. The Labute approximate surface area is 126 Å². The summed E-state index contributed by atoms with van der Waals surface area (Å²) in [5.74, 6) is -0.238. The van der Waals surface area contributed by atoms with Crippen LogP contribution in [0.3, 0.4) is 0 Å². The number of nitrogens with two attached hydrogens (primary N) is 1. The van der Waals surface area contributed by atoms with Crippen molar-refractivity contribution in [2.75, 3.05) is 24.4 Å². The zero-order valence-electron chi connectivity index (χ0n) is 10.9. The van der Waals surface area contributed by atoms with Gasteiger partial charge in [0.2, 0.25) is 0 Å². The molecule has 1 saturated heterocycles. The van der Waals surface area contributed by atoms with Crippen LogP contribution >= 0.6 is 15.9 Å². The van der Waals surface area contributed by atoms with Crippen LogP contribution in [0.15, 0.2) is 22.7 Å². The maximum absolute atomic E-state index is 13.0. The summed E-state index contributed by atoms with van der Waals surface area (Å²) in [6.45, 7) is 1.38. The molecule has 0 spiro atoms. The second kappa shape index (κ2) is 6.38. The van der Waals surface area contributed by atoms with Gasteiger partial charge in [-0.3, -0.25) is 4.72 Å². The van der Waals surface area contributed by atoms with Crippen molar-refractivity contribution in [1.29, 1.82) is 0 Å². The van der Waals surface area contributed by atoms with Crippen LogP contribution in [0, 0.1) is 11.7 Å². The maximum Gasteiger partial charge on any atom is 0.301 e. The van der Waals surface area contributed by atoms with Crippen LogP contribution in [0.5, 0.6) is 0 Å². The van der Waals surface area contributed by atoms with E-state index in [-0.39, 0.29) is 5.92 Å². The van der Waals surface area contributed by atoms with Gasteiger partial charge in [-0.2, -0.15) is 12.7 Å². The second-order valence-corrected chi connectivity index (χ2v) is 7.36. The Kier molecular flexibility index (Phi) is 5.00.